The SMILES string of the molecule is Cc1ccccc1CC(=O)NC1(CCl)CCC(C)CC1. The first-order chi connectivity index (χ1) is 9.54. The Kier molecular flexibility index (Phi) is 5.09. The molecule has 1 amide bonds. The summed E-state index contributed by atoms with van der Waals surface area (Å²) in [7, 11) is 0. The van der Waals surface area contributed by atoms with Gasteiger partial charge in [0, 0.05) is 5.88 Å². The van der Waals surface area contributed by atoms with E-state index in [1.165, 1.54) is 5.56 Å². The van der Waals surface area contributed by atoms with Crippen molar-refractivity contribution in [3.05, 3.63) is 35.4 Å². The lowest BCUT2D eigenvalue weighted by Gasteiger charge is -2.38. The third-order valence-corrected chi connectivity index (χ3v) is 5.02. The van der Waals surface area contributed by atoms with E-state index in [0.29, 0.717) is 12.3 Å². The fraction of sp³-hybridized carbons (Fsp3) is 0.588. The highest BCUT2D eigenvalue weighted by atomic mass is 35.5. The van der Waals surface area contributed by atoms with Gasteiger partial charge >= 0.3 is 0 Å². The van der Waals surface area contributed by atoms with Crippen LogP contribution in [0.1, 0.15) is 43.7 Å². The van der Waals surface area contributed by atoms with E-state index in [1.807, 2.05) is 31.2 Å². The summed E-state index contributed by atoms with van der Waals surface area (Å²) in [6.07, 6.45) is 4.74. The summed E-state index contributed by atoms with van der Waals surface area (Å²) in [4.78, 5) is 12.3. The zero-order chi connectivity index (χ0) is 14.6. The molecule has 3 heteroatoms. The normalized spacial score (nSPS) is 26.2. The fourth-order valence-electron chi connectivity index (χ4n) is 2.93. The van der Waals surface area contributed by atoms with Crippen molar-refractivity contribution in [1.29, 1.82) is 0 Å². The van der Waals surface area contributed by atoms with Crippen LogP contribution in [0, 0.1) is 12.8 Å². The van der Waals surface area contributed by atoms with Crippen molar-refractivity contribution in [3.63, 3.8) is 0 Å². The number of carbonyl (C=O) groups is 1. The van der Waals surface area contributed by atoms with E-state index in [0.717, 1.165) is 37.2 Å². The minimum Gasteiger partial charge on any atom is -0.349 e. The maximum Gasteiger partial charge on any atom is 0.224 e. The molecule has 1 aliphatic rings. The first kappa shape index (κ1) is 15.4. The number of hydrogen-bond donors (Lipinski definition) is 1. The average molecular weight is 294 g/mol. The van der Waals surface area contributed by atoms with E-state index in [2.05, 4.69) is 12.2 Å². The predicted molar refractivity (Wildman–Crippen MR) is 84.1 cm³/mol. The summed E-state index contributed by atoms with van der Waals surface area (Å²) in [5.74, 6) is 1.35. The van der Waals surface area contributed by atoms with Crippen LogP contribution in [0.2, 0.25) is 0 Å². The lowest BCUT2D eigenvalue weighted by molar-refractivity contribution is -0.122. The van der Waals surface area contributed by atoms with E-state index in [1.54, 1.807) is 0 Å². The lowest BCUT2D eigenvalue weighted by atomic mass is 9.78. The Morgan fingerprint density at radius 3 is 2.60 bits per heavy atom. The quantitative estimate of drug-likeness (QED) is 0.840. The van der Waals surface area contributed by atoms with Gasteiger partial charge in [-0.2, -0.15) is 0 Å². The van der Waals surface area contributed by atoms with Gasteiger partial charge in [0.25, 0.3) is 0 Å². The molecule has 0 saturated heterocycles. The van der Waals surface area contributed by atoms with Crippen LogP contribution >= 0.6 is 11.6 Å². The van der Waals surface area contributed by atoms with Crippen LogP contribution in [-0.4, -0.2) is 17.3 Å². The van der Waals surface area contributed by atoms with Gasteiger partial charge in [0.05, 0.1) is 12.0 Å². The number of benzene rings is 1. The van der Waals surface area contributed by atoms with Crippen LogP contribution < -0.4 is 5.32 Å². The van der Waals surface area contributed by atoms with Crippen molar-refractivity contribution >= 4 is 17.5 Å². The second-order valence-corrected chi connectivity index (χ2v) is 6.52. The number of carbonyl (C=O) groups excluding carboxylic acids is 1. The molecular formula is C17H24ClNO. The predicted octanol–water partition coefficient (Wildman–Crippen LogP) is 3.84. The van der Waals surface area contributed by atoms with Gasteiger partial charge in [-0.05, 0) is 49.7 Å². The number of hydrogen-bond acceptors (Lipinski definition) is 1. The van der Waals surface area contributed by atoms with Gasteiger partial charge in [-0.1, -0.05) is 31.2 Å². The molecule has 0 radical (unpaired) electrons. The van der Waals surface area contributed by atoms with Gasteiger partial charge in [-0.3, -0.25) is 4.79 Å². The Bertz CT molecular complexity index is 464. The molecule has 1 N–H and O–H groups in total. The number of aryl methyl sites for hydroxylation is 1. The first-order valence-electron chi connectivity index (χ1n) is 7.46. The number of amides is 1. The molecule has 1 aliphatic carbocycles. The average Bonchev–Trinajstić information content (AvgIpc) is 2.44. The van der Waals surface area contributed by atoms with Gasteiger partial charge in [0.15, 0.2) is 0 Å². The van der Waals surface area contributed by atoms with E-state index in [9.17, 15) is 4.79 Å². The third-order valence-electron chi connectivity index (χ3n) is 4.50. The zero-order valence-electron chi connectivity index (χ0n) is 12.4. The highest BCUT2D eigenvalue weighted by Crippen LogP contribution is 2.32. The van der Waals surface area contributed by atoms with Gasteiger partial charge in [-0.25, -0.2) is 0 Å². The summed E-state index contributed by atoms with van der Waals surface area (Å²) in [5, 5.41) is 3.21. The Labute approximate surface area is 126 Å². The van der Waals surface area contributed by atoms with Gasteiger partial charge in [0.2, 0.25) is 5.91 Å². The summed E-state index contributed by atoms with van der Waals surface area (Å²) in [6, 6.07) is 8.04. The molecule has 0 unspecified atom stereocenters. The van der Waals surface area contributed by atoms with Crippen molar-refractivity contribution in [2.75, 3.05) is 5.88 Å². The molecule has 2 nitrogen and oxygen atoms in total. The van der Waals surface area contributed by atoms with E-state index in [4.69, 9.17) is 11.6 Å². The molecule has 0 aromatic heterocycles. The summed E-state index contributed by atoms with van der Waals surface area (Å²) in [5.41, 5.74) is 2.08. The molecule has 1 aromatic carbocycles. The molecule has 0 bridgehead atoms. The van der Waals surface area contributed by atoms with Crippen LogP contribution in [0.25, 0.3) is 0 Å². The molecule has 0 heterocycles. The Hall–Kier alpha value is -1.02. The molecule has 2 rings (SSSR count). The number of alkyl halides is 1. The van der Waals surface area contributed by atoms with Crippen LogP contribution in [0.5, 0.6) is 0 Å². The van der Waals surface area contributed by atoms with Gasteiger partial charge in [-0.15, -0.1) is 11.6 Å². The molecule has 0 aliphatic heterocycles. The number of rotatable bonds is 4. The third kappa shape index (κ3) is 3.76. The zero-order valence-corrected chi connectivity index (χ0v) is 13.2. The van der Waals surface area contributed by atoms with Gasteiger partial charge in [0.1, 0.15) is 0 Å². The van der Waals surface area contributed by atoms with Crippen molar-refractivity contribution in [3.8, 4) is 0 Å². The molecule has 20 heavy (non-hydrogen) atoms. The molecular weight excluding hydrogens is 270 g/mol. The monoisotopic (exact) mass is 293 g/mol. The van der Waals surface area contributed by atoms with Crippen LogP contribution in [0.15, 0.2) is 24.3 Å². The fourth-order valence-corrected chi connectivity index (χ4v) is 3.26. The highest BCUT2D eigenvalue weighted by Gasteiger charge is 2.34. The maximum absolute atomic E-state index is 12.3. The van der Waals surface area contributed by atoms with E-state index < -0.39 is 0 Å². The summed E-state index contributed by atoms with van der Waals surface area (Å²) < 4.78 is 0. The van der Waals surface area contributed by atoms with Crippen LogP contribution in [0.4, 0.5) is 0 Å². The molecule has 1 aromatic rings. The van der Waals surface area contributed by atoms with Crippen molar-refractivity contribution in [1.82, 2.24) is 5.32 Å². The van der Waals surface area contributed by atoms with Crippen molar-refractivity contribution in [2.24, 2.45) is 5.92 Å². The minimum atomic E-state index is -0.187. The standard InChI is InChI=1S/C17H24ClNO/c1-13-7-9-17(12-18,10-8-13)19-16(20)11-15-6-4-3-5-14(15)2/h3-6,13H,7-12H2,1-2H3,(H,19,20). The molecule has 1 fully saturated rings. The number of nitrogens with one attached hydrogen (secondary N) is 1. The van der Waals surface area contributed by atoms with Crippen molar-refractivity contribution in [2.45, 2.75) is 51.5 Å². The molecule has 0 spiro atoms. The second-order valence-electron chi connectivity index (χ2n) is 6.25. The summed E-state index contributed by atoms with van der Waals surface area (Å²) >= 11 is 6.15. The Balaban J connectivity index is 1.98. The highest BCUT2D eigenvalue weighted by molar-refractivity contribution is 6.18. The maximum atomic E-state index is 12.3. The Morgan fingerprint density at radius 2 is 2.00 bits per heavy atom. The topological polar surface area (TPSA) is 29.1 Å². The number of halogens is 1. The van der Waals surface area contributed by atoms with Gasteiger partial charge < -0.3 is 5.32 Å². The van der Waals surface area contributed by atoms with E-state index in [-0.39, 0.29) is 11.4 Å². The van der Waals surface area contributed by atoms with E-state index >= 15 is 0 Å². The first-order valence-corrected chi connectivity index (χ1v) is 7.99. The van der Waals surface area contributed by atoms with Crippen LogP contribution in [0.3, 0.4) is 0 Å². The van der Waals surface area contributed by atoms with Crippen molar-refractivity contribution < 1.29 is 4.79 Å². The second kappa shape index (κ2) is 6.62. The lowest BCUT2D eigenvalue weighted by Crippen LogP contribution is -2.52. The minimum absolute atomic E-state index is 0.0921. The molecule has 0 atom stereocenters. The molecule has 110 valence electrons. The Morgan fingerprint density at radius 1 is 1.35 bits per heavy atom. The largest absolute Gasteiger partial charge is 0.349 e. The molecule has 1 saturated carbocycles. The van der Waals surface area contributed by atoms with Crippen LogP contribution in [-0.2, 0) is 11.2 Å². The summed E-state index contributed by atoms with van der Waals surface area (Å²) in [6.45, 7) is 4.32. The smallest absolute Gasteiger partial charge is 0.224 e.